The van der Waals surface area contributed by atoms with E-state index in [1.54, 1.807) is 6.92 Å². The fraction of sp³-hybridized carbons (Fsp3) is 0.714. The van der Waals surface area contributed by atoms with Crippen molar-refractivity contribution in [3.05, 3.63) is 18.0 Å². The van der Waals surface area contributed by atoms with Crippen molar-refractivity contribution in [1.82, 2.24) is 15.1 Å². The zero-order valence-electron chi connectivity index (χ0n) is 12.1. The van der Waals surface area contributed by atoms with Crippen molar-refractivity contribution in [3.8, 4) is 0 Å². The molecule has 0 aliphatic carbocycles. The molecule has 0 bridgehead atoms. The fourth-order valence-corrected chi connectivity index (χ4v) is 2.02. The summed E-state index contributed by atoms with van der Waals surface area (Å²) in [6.07, 6.45) is 7.62. The van der Waals surface area contributed by atoms with Crippen LogP contribution in [0.1, 0.15) is 38.7 Å². The van der Waals surface area contributed by atoms with Gasteiger partial charge < -0.3 is 10.4 Å². The van der Waals surface area contributed by atoms with Gasteiger partial charge in [0.05, 0.1) is 12.1 Å². The van der Waals surface area contributed by atoms with Gasteiger partial charge >= 0.3 is 5.97 Å². The highest BCUT2D eigenvalue weighted by Crippen LogP contribution is 2.09. The highest BCUT2D eigenvalue weighted by Gasteiger charge is 2.11. The zero-order chi connectivity index (χ0) is 14.3. The van der Waals surface area contributed by atoms with Gasteiger partial charge in [-0.25, -0.2) is 0 Å². The topological polar surface area (TPSA) is 67.2 Å². The van der Waals surface area contributed by atoms with E-state index in [1.165, 1.54) is 5.56 Å². The summed E-state index contributed by atoms with van der Waals surface area (Å²) >= 11 is 0. The number of nitrogens with zero attached hydrogens (tertiary/aromatic N) is 2. The quantitative estimate of drug-likeness (QED) is 0.716. The van der Waals surface area contributed by atoms with E-state index < -0.39 is 5.97 Å². The molecule has 0 aliphatic rings. The molecule has 1 aromatic heterocycles. The summed E-state index contributed by atoms with van der Waals surface area (Å²) in [6.45, 7) is 4.85. The first-order chi connectivity index (χ1) is 8.99. The molecule has 5 nitrogen and oxygen atoms in total. The van der Waals surface area contributed by atoms with Crippen LogP contribution in [0.15, 0.2) is 12.4 Å². The van der Waals surface area contributed by atoms with E-state index in [1.807, 2.05) is 24.1 Å². The molecule has 0 spiro atoms. The minimum Gasteiger partial charge on any atom is -0.481 e. The number of hydrogen-bond acceptors (Lipinski definition) is 3. The third kappa shape index (κ3) is 6.38. The molecule has 1 heterocycles. The molecule has 1 rings (SSSR count). The number of nitrogens with one attached hydrogen (secondary N) is 1. The number of rotatable bonds is 9. The van der Waals surface area contributed by atoms with Crippen LogP contribution in [0.25, 0.3) is 0 Å². The molecule has 1 aromatic rings. The van der Waals surface area contributed by atoms with Gasteiger partial charge in [-0.05, 0) is 38.3 Å². The Labute approximate surface area is 115 Å². The van der Waals surface area contributed by atoms with Gasteiger partial charge in [-0.15, -0.1) is 0 Å². The summed E-state index contributed by atoms with van der Waals surface area (Å²) in [5.74, 6) is -0.931. The summed E-state index contributed by atoms with van der Waals surface area (Å²) in [6, 6.07) is 0.428. The highest BCUT2D eigenvalue weighted by molar-refractivity contribution is 5.69. The summed E-state index contributed by atoms with van der Waals surface area (Å²) in [4.78, 5) is 10.7. The third-order valence-corrected chi connectivity index (χ3v) is 3.36. The number of aryl methyl sites for hydroxylation is 1. The third-order valence-electron chi connectivity index (χ3n) is 3.36. The lowest BCUT2D eigenvalue weighted by molar-refractivity contribution is -0.141. The summed E-state index contributed by atoms with van der Waals surface area (Å²) in [5, 5.41) is 16.4. The Morgan fingerprint density at radius 1 is 1.47 bits per heavy atom. The van der Waals surface area contributed by atoms with Crippen LogP contribution < -0.4 is 5.32 Å². The first kappa shape index (κ1) is 15.7. The second kappa shape index (κ2) is 7.94. The summed E-state index contributed by atoms with van der Waals surface area (Å²) in [7, 11) is 1.92. The number of carbonyl (C=O) groups is 1. The molecule has 0 amide bonds. The van der Waals surface area contributed by atoms with Gasteiger partial charge in [0.2, 0.25) is 0 Å². The van der Waals surface area contributed by atoms with Crippen LogP contribution in [0.5, 0.6) is 0 Å². The smallest absolute Gasteiger partial charge is 0.306 e. The van der Waals surface area contributed by atoms with Gasteiger partial charge in [0.25, 0.3) is 0 Å². The number of carboxylic acids is 1. The first-order valence-electron chi connectivity index (χ1n) is 6.92. The fourth-order valence-electron chi connectivity index (χ4n) is 2.02. The molecule has 108 valence electrons. The van der Waals surface area contributed by atoms with E-state index in [0.717, 1.165) is 32.2 Å². The van der Waals surface area contributed by atoms with Crippen LogP contribution >= 0.6 is 0 Å². The van der Waals surface area contributed by atoms with E-state index in [4.69, 9.17) is 5.11 Å². The van der Waals surface area contributed by atoms with E-state index >= 15 is 0 Å². The van der Waals surface area contributed by atoms with Crippen molar-refractivity contribution in [2.75, 3.05) is 6.54 Å². The van der Waals surface area contributed by atoms with E-state index in [-0.39, 0.29) is 5.92 Å². The molecule has 0 saturated carbocycles. The molecular weight excluding hydrogens is 242 g/mol. The molecule has 19 heavy (non-hydrogen) atoms. The Kier molecular flexibility index (Phi) is 6.56. The number of aromatic nitrogens is 2. The van der Waals surface area contributed by atoms with Crippen LogP contribution in [-0.4, -0.2) is 33.4 Å². The lowest BCUT2D eigenvalue weighted by Gasteiger charge is -2.14. The maximum atomic E-state index is 10.7. The van der Waals surface area contributed by atoms with Crippen LogP contribution in [0.2, 0.25) is 0 Å². The molecule has 0 saturated heterocycles. The van der Waals surface area contributed by atoms with Crippen molar-refractivity contribution in [2.45, 2.75) is 45.6 Å². The predicted octanol–water partition coefficient (Wildman–Crippen LogP) is 1.83. The molecule has 5 heteroatoms. The van der Waals surface area contributed by atoms with E-state index in [0.29, 0.717) is 6.04 Å². The maximum absolute atomic E-state index is 10.7. The molecule has 2 N–H and O–H groups in total. The predicted molar refractivity (Wildman–Crippen MR) is 75.0 cm³/mol. The molecule has 0 aromatic carbocycles. The lowest BCUT2D eigenvalue weighted by Crippen LogP contribution is -2.28. The molecule has 2 atom stereocenters. The Morgan fingerprint density at radius 2 is 2.21 bits per heavy atom. The van der Waals surface area contributed by atoms with Crippen LogP contribution in [0, 0.1) is 5.92 Å². The minimum atomic E-state index is -0.697. The van der Waals surface area contributed by atoms with Gasteiger partial charge in [0.15, 0.2) is 0 Å². The van der Waals surface area contributed by atoms with Crippen molar-refractivity contribution < 1.29 is 9.90 Å². The molecule has 0 fully saturated rings. The van der Waals surface area contributed by atoms with Crippen LogP contribution in [0.3, 0.4) is 0 Å². The maximum Gasteiger partial charge on any atom is 0.306 e. The zero-order valence-corrected chi connectivity index (χ0v) is 12.1. The Bertz CT molecular complexity index is 390. The molecule has 0 radical (unpaired) electrons. The van der Waals surface area contributed by atoms with Gasteiger partial charge in [0.1, 0.15) is 0 Å². The molecule has 0 aliphatic heterocycles. The van der Waals surface area contributed by atoms with Crippen LogP contribution in [0.4, 0.5) is 0 Å². The summed E-state index contributed by atoms with van der Waals surface area (Å²) in [5.41, 5.74) is 1.24. The lowest BCUT2D eigenvalue weighted by atomic mass is 10.0. The highest BCUT2D eigenvalue weighted by atomic mass is 16.4. The van der Waals surface area contributed by atoms with Crippen molar-refractivity contribution in [2.24, 2.45) is 13.0 Å². The first-order valence-corrected chi connectivity index (χ1v) is 6.92. The second-order valence-corrected chi connectivity index (χ2v) is 5.30. The normalized spacial score (nSPS) is 14.3. The van der Waals surface area contributed by atoms with Crippen molar-refractivity contribution in [1.29, 1.82) is 0 Å². The average Bonchev–Trinajstić information content (AvgIpc) is 2.74. The van der Waals surface area contributed by atoms with Crippen molar-refractivity contribution >= 4 is 5.97 Å². The SMILES string of the molecule is CC(CCCC(C)C(=O)O)NCCc1cnn(C)c1. The second-order valence-electron chi connectivity index (χ2n) is 5.30. The Hall–Kier alpha value is -1.36. The average molecular weight is 267 g/mol. The molecular formula is C14H25N3O2. The number of carboxylic acid groups (broad SMARTS) is 1. The number of aliphatic carboxylic acids is 1. The van der Waals surface area contributed by atoms with E-state index in [9.17, 15) is 4.79 Å². The minimum absolute atomic E-state index is 0.234. The summed E-state index contributed by atoms with van der Waals surface area (Å²) < 4.78 is 1.81. The van der Waals surface area contributed by atoms with Gasteiger partial charge in [-0.3, -0.25) is 9.48 Å². The van der Waals surface area contributed by atoms with Crippen LogP contribution in [-0.2, 0) is 18.3 Å². The monoisotopic (exact) mass is 267 g/mol. The van der Waals surface area contributed by atoms with Gasteiger partial charge in [-0.1, -0.05) is 13.3 Å². The Morgan fingerprint density at radius 3 is 2.79 bits per heavy atom. The van der Waals surface area contributed by atoms with Gasteiger partial charge in [-0.2, -0.15) is 5.10 Å². The van der Waals surface area contributed by atoms with Crippen molar-refractivity contribution in [3.63, 3.8) is 0 Å². The molecule has 2 unspecified atom stereocenters. The van der Waals surface area contributed by atoms with Gasteiger partial charge in [0, 0.05) is 19.3 Å². The van der Waals surface area contributed by atoms with E-state index in [2.05, 4.69) is 17.3 Å². The standard InChI is InChI=1S/C14H25N3O2/c1-11(14(18)19)5-4-6-12(2)15-8-7-13-9-16-17(3)10-13/h9-12,15H,4-8H2,1-3H3,(H,18,19). The largest absolute Gasteiger partial charge is 0.481 e. The Balaban J connectivity index is 2.08. The number of hydrogen-bond donors (Lipinski definition) is 2.